The van der Waals surface area contributed by atoms with Gasteiger partial charge in [-0.05, 0) is 142 Å². The average Bonchev–Trinajstić information content (AvgIpc) is 3.95. The molecule has 266 valence electrons. The summed E-state index contributed by atoms with van der Waals surface area (Å²) >= 11 is 7.27. The summed E-state index contributed by atoms with van der Waals surface area (Å²) in [6, 6.07) is 66.0. The Morgan fingerprint density at radius 2 is 0.772 bits per heavy atom. The quantitative estimate of drug-likeness (QED) is 0.165. The highest BCUT2D eigenvalue weighted by atomic mass is 35.5. The highest BCUT2D eigenvalue weighted by Crippen LogP contribution is 2.66. The minimum Gasteiger partial charge on any atom is -0.0843 e. The van der Waals surface area contributed by atoms with Crippen LogP contribution in [0, 0.1) is 0 Å². The Bertz CT molecular complexity index is 3110. The van der Waals surface area contributed by atoms with E-state index in [2.05, 4.69) is 188 Å². The minimum absolute atomic E-state index is 0.313. The molecule has 8 aromatic rings. The molecule has 1 heteroatoms. The molecule has 5 aliphatic carbocycles. The maximum absolute atomic E-state index is 7.27. The second-order valence-corrected chi connectivity index (χ2v) is 16.7. The number of allylic oxidation sites excluding steroid dienone is 4. The van der Waals surface area contributed by atoms with Crippen LogP contribution in [0.2, 0.25) is 5.02 Å². The van der Waals surface area contributed by atoms with Crippen LogP contribution in [-0.2, 0) is 10.8 Å². The molecule has 0 N–H and O–H groups in total. The largest absolute Gasteiger partial charge is 0.0843 e. The van der Waals surface area contributed by atoms with Gasteiger partial charge >= 0.3 is 0 Å². The summed E-state index contributed by atoms with van der Waals surface area (Å²) in [5, 5.41) is 0.741. The van der Waals surface area contributed by atoms with E-state index in [-0.39, 0.29) is 5.41 Å². The zero-order chi connectivity index (χ0) is 37.5. The van der Waals surface area contributed by atoms with Crippen molar-refractivity contribution in [2.75, 3.05) is 0 Å². The molecule has 1 unspecified atom stereocenters. The van der Waals surface area contributed by atoms with Crippen LogP contribution in [-0.4, -0.2) is 0 Å². The summed E-state index contributed by atoms with van der Waals surface area (Å²) in [6.45, 7) is 0. The van der Waals surface area contributed by atoms with E-state index in [1.54, 1.807) is 0 Å². The minimum atomic E-state index is -0.395. The van der Waals surface area contributed by atoms with Gasteiger partial charge in [0.15, 0.2) is 0 Å². The number of halogens is 1. The molecule has 0 bridgehead atoms. The third-order valence-electron chi connectivity index (χ3n) is 13.9. The summed E-state index contributed by atoms with van der Waals surface area (Å²) in [6.07, 6.45) is 6.85. The lowest BCUT2D eigenvalue weighted by Gasteiger charge is -2.33. The van der Waals surface area contributed by atoms with Gasteiger partial charge in [-0.1, -0.05) is 181 Å². The molecule has 0 nitrogen and oxygen atoms in total. The molecule has 0 saturated heterocycles. The van der Waals surface area contributed by atoms with E-state index in [1.165, 1.54) is 100 Å². The third kappa shape index (κ3) is 3.80. The predicted molar refractivity (Wildman–Crippen MR) is 236 cm³/mol. The zero-order valence-corrected chi connectivity index (χ0v) is 31.9. The molecular formula is C56H35Cl. The van der Waals surface area contributed by atoms with E-state index in [0.717, 1.165) is 29.0 Å². The van der Waals surface area contributed by atoms with Gasteiger partial charge in [0.25, 0.3) is 0 Å². The lowest BCUT2D eigenvalue weighted by atomic mass is 9.68. The van der Waals surface area contributed by atoms with Gasteiger partial charge in [-0.15, -0.1) is 0 Å². The molecule has 5 aliphatic rings. The van der Waals surface area contributed by atoms with E-state index >= 15 is 0 Å². The smallest absolute Gasteiger partial charge is 0.0725 e. The van der Waals surface area contributed by atoms with E-state index in [4.69, 9.17) is 11.6 Å². The van der Waals surface area contributed by atoms with E-state index < -0.39 is 5.41 Å². The Balaban J connectivity index is 1.05. The van der Waals surface area contributed by atoms with Crippen molar-refractivity contribution >= 4 is 17.2 Å². The van der Waals surface area contributed by atoms with E-state index in [0.29, 0.717) is 0 Å². The van der Waals surface area contributed by atoms with Crippen molar-refractivity contribution < 1.29 is 0 Å². The first-order valence-electron chi connectivity index (χ1n) is 20.2. The van der Waals surface area contributed by atoms with Gasteiger partial charge in [-0.25, -0.2) is 0 Å². The molecule has 1 atom stereocenters. The fourth-order valence-corrected chi connectivity index (χ4v) is 12.2. The van der Waals surface area contributed by atoms with Gasteiger partial charge in [0.2, 0.25) is 0 Å². The van der Waals surface area contributed by atoms with Gasteiger partial charge in [0.05, 0.1) is 10.8 Å². The average molecular weight is 743 g/mol. The van der Waals surface area contributed by atoms with Crippen LogP contribution in [0.3, 0.4) is 0 Å². The van der Waals surface area contributed by atoms with Gasteiger partial charge in [0.1, 0.15) is 0 Å². The molecular weight excluding hydrogens is 708 g/mol. The molecule has 2 spiro atoms. The Hall–Kier alpha value is -6.47. The Kier molecular flexibility index (Phi) is 6.29. The van der Waals surface area contributed by atoms with Crippen molar-refractivity contribution in [3.63, 3.8) is 0 Å². The molecule has 8 aromatic carbocycles. The van der Waals surface area contributed by atoms with Crippen LogP contribution in [0.1, 0.15) is 57.3 Å². The SMILES string of the molecule is Clc1cc(-c2cccc3c2-c2ccccc2C32C3=C(C=CCC3)c3ccccc32)cc(-c2cccc3c2-c2ccccc2C32c3ccccc3-c3ccccc32)c1. The second kappa shape index (κ2) is 11.3. The first kappa shape index (κ1) is 31.7. The summed E-state index contributed by atoms with van der Waals surface area (Å²) in [4.78, 5) is 0. The van der Waals surface area contributed by atoms with Crippen molar-refractivity contribution in [2.45, 2.75) is 23.7 Å². The molecule has 0 aliphatic heterocycles. The van der Waals surface area contributed by atoms with E-state index in [9.17, 15) is 0 Å². The van der Waals surface area contributed by atoms with Crippen LogP contribution < -0.4 is 0 Å². The lowest BCUT2D eigenvalue weighted by Crippen LogP contribution is -2.27. The normalized spacial score (nSPS) is 17.8. The predicted octanol–water partition coefficient (Wildman–Crippen LogP) is 14.4. The van der Waals surface area contributed by atoms with Crippen molar-refractivity contribution in [1.29, 1.82) is 0 Å². The van der Waals surface area contributed by atoms with Crippen molar-refractivity contribution in [3.8, 4) is 55.6 Å². The number of benzene rings is 8. The van der Waals surface area contributed by atoms with E-state index in [1.807, 2.05) is 0 Å². The van der Waals surface area contributed by atoms with Gasteiger partial charge in [0, 0.05) is 5.02 Å². The number of rotatable bonds is 2. The topological polar surface area (TPSA) is 0 Å². The summed E-state index contributed by atoms with van der Waals surface area (Å²) in [7, 11) is 0. The molecule has 0 amide bonds. The Morgan fingerprint density at radius 3 is 1.33 bits per heavy atom. The lowest BCUT2D eigenvalue weighted by molar-refractivity contribution is 0.714. The van der Waals surface area contributed by atoms with Gasteiger partial charge in [-0.2, -0.15) is 0 Å². The molecule has 0 radical (unpaired) electrons. The van der Waals surface area contributed by atoms with Gasteiger partial charge < -0.3 is 0 Å². The number of fused-ring (bicyclic) bond motifs is 19. The number of hydrogen-bond donors (Lipinski definition) is 0. The fraction of sp³-hybridized carbons (Fsp3) is 0.0714. The summed E-state index contributed by atoms with van der Waals surface area (Å²) in [5.74, 6) is 0. The Morgan fingerprint density at radius 1 is 0.368 bits per heavy atom. The molecule has 57 heavy (non-hydrogen) atoms. The highest BCUT2D eigenvalue weighted by Gasteiger charge is 2.54. The van der Waals surface area contributed by atoms with Crippen LogP contribution in [0.4, 0.5) is 0 Å². The zero-order valence-electron chi connectivity index (χ0n) is 31.2. The summed E-state index contributed by atoms with van der Waals surface area (Å²) in [5.41, 5.74) is 25.7. The monoisotopic (exact) mass is 742 g/mol. The summed E-state index contributed by atoms with van der Waals surface area (Å²) < 4.78 is 0. The first-order chi connectivity index (χ1) is 28.2. The Labute approximate surface area is 338 Å². The van der Waals surface area contributed by atoms with Crippen molar-refractivity contribution in [2.24, 2.45) is 0 Å². The second-order valence-electron chi connectivity index (χ2n) is 16.2. The van der Waals surface area contributed by atoms with Crippen LogP contribution in [0.15, 0.2) is 194 Å². The number of hydrogen-bond acceptors (Lipinski definition) is 0. The van der Waals surface area contributed by atoms with Crippen molar-refractivity contribution in [3.05, 3.63) is 243 Å². The van der Waals surface area contributed by atoms with Crippen LogP contribution in [0.5, 0.6) is 0 Å². The third-order valence-corrected chi connectivity index (χ3v) is 14.1. The van der Waals surface area contributed by atoms with Crippen LogP contribution >= 0.6 is 11.6 Å². The molecule has 0 aromatic heterocycles. The molecule has 13 rings (SSSR count). The highest BCUT2D eigenvalue weighted by molar-refractivity contribution is 6.31. The first-order valence-corrected chi connectivity index (χ1v) is 20.6. The fourth-order valence-electron chi connectivity index (χ4n) is 12.0. The van der Waals surface area contributed by atoms with Crippen molar-refractivity contribution in [1.82, 2.24) is 0 Å². The standard InChI is InChI=1S/C56H35Cl/c57-36-32-34(37-21-13-29-51-53(37)43-19-5-11-27-49(43)55(51)45-23-7-1-15-39(45)40-16-2-8-24-46(40)55)31-35(33-36)38-22-14-30-52-54(38)44-20-6-12-28-50(44)56(52)47-25-9-3-17-41(47)42-18-4-10-26-48(42)56/h1-9,11-25,27-33H,10,26H2. The molecule has 0 saturated carbocycles. The van der Waals surface area contributed by atoms with Crippen LogP contribution in [0.25, 0.3) is 61.2 Å². The maximum atomic E-state index is 7.27. The van der Waals surface area contributed by atoms with Gasteiger partial charge in [-0.3, -0.25) is 0 Å². The maximum Gasteiger partial charge on any atom is 0.0725 e. The molecule has 0 fully saturated rings. The molecule has 0 heterocycles.